The van der Waals surface area contributed by atoms with E-state index in [1.54, 1.807) is 24.3 Å². The Morgan fingerprint density at radius 2 is 2.00 bits per heavy atom. The van der Waals surface area contributed by atoms with Crippen molar-refractivity contribution in [2.75, 3.05) is 20.4 Å². The van der Waals surface area contributed by atoms with Gasteiger partial charge >= 0.3 is 5.97 Å². The van der Waals surface area contributed by atoms with Crippen molar-refractivity contribution >= 4 is 15.7 Å². The molecule has 0 amide bonds. The van der Waals surface area contributed by atoms with E-state index >= 15 is 0 Å². The smallest absolute Gasteiger partial charge is 0.339 e. The summed E-state index contributed by atoms with van der Waals surface area (Å²) in [5, 5.41) is 0. The molecule has 0 aromatic heterocycles. The van der Waals surface area contributed by atoms with E-state index in [1.165, 1.54) is 20.4 Å². The fourth-order valence-electron chi connectivity index (χ4n) is 1.17. The Labute approximate surface area is 89.4 Å². The molecule has 15 heavy (non-hydrogen) atoms. The maximum Gasteiger partial charge on any atom is 0.339 e. The Kier molecular flexibility index (Phi) is 3.47. The van der Waals surface area contributed by atoms with Crippen LogP contribution in [0.1, 0.15) is 10.4 Å². The van der Waals surface area contributed by atoms with E-state index < -0.39 is 15.7 Å². The normalized spacial score (nSPS) is 14.1. The summed E-state index contributed by atoms with van der Waals surface area (Å²) >= 11 is 0. The zero-order chi connectivity index (χ0) is 11.5. The highest BCUT2D eigenvalue weighted by Crippen LogP contribution is 2.17. The van der Waals surface area contributed by atoms with Crippen LogP contribution in [0.5, 0.6) is 0 Å². The van der Waals surface area contributed by atoms with E-state index in [0.29, 0.717) is 10.5 Å². The number of hydrogen-bond donors (Lipinski definition) is 0. The predicted molar refractivity (Wildman–Crippen MR) is 58.5 cm³/mol. The Balaban J connectivity index is 3.44. The van der Waals surface area contributed by atoms with Gasteiger partial charge in [-0.15, -0.1) is 0 Å². The van der Waals surface area contributed by atoms with Gasteiger partial charge in [-0.05, 0) is 12.1 Å². The molecular formula is C10H13NO3S. The number of nitrogens with zero attached hydrogens (tertiary/aromatic N) is 1. The fraction of sp³-hybridized carbons (Fsp3) is 0.300. The van der Waals surface area contributed by atoms with Crippen molar-refractivity contribution in [2.45, 2.75) is 4.90 Å². The van der Waals surface area contributed by atoms with Crippen LogP contribution in [0, 0.1) is 0 Å². The van der Waals surface area contributed by atoms with Crippen molar-refractivity contribution in [1.29, 1.82) is 0 Å². The molecule has 0 fully saturated rings. The number of esters is 1. The van der Waals surface area contributed by atoms with Crippen LogP contribution in [0.3, 0.4) is 0 Å². The van der Waals surface area contributed by atoms with Crippen molar-refractivity contribution in [2.24, 2.45) is 4.36 Å². The van der Waals surface area contributed by atoms with E-state index in [4.69, 9.17) is 0 Å². The molecule has 0 heterocycles. The van der Waals surface area contributed by atoms with Gasteiger partial charge in [-0.3, -0.25) is 0 Å². The summed E-state index contributed by atoms with van der Waals surface area (Å²) in [4.78, 5) is 11.8. The summed E-state index contributed by atoms with van der Waals surface area (Å²) in [7, 11) is 0.250. The van der Waals surface area contributed by atoms with E-state index in [-0.39, 0.29) is 0 Å². The lowest BCUT2D eigenvalue weighted by molar-refractivity contribution is 0.0596. The fourth-order valence-corrected chi connectivity index (χ4v) is 2.26. The van der Waals surface area contributed by atoms with E-state index in [1.807, 2.05) is 0 Å². The molecule has 82 valence electrons. The lowest BCUT2D eigenvalue weighted by Gasteiger charge is -2.08. The zero-order valence-corrected chi connectivity index (χ0v) is 9.71. The second kappa shape index (κ2) is 4.44. The monoisotopic (exact) mass is 227 g/mol. The van der Waals surface area contributed by atoms with Crippen LogP contribution in [0.4, 0.5) is 0 Å². The number of ether oxygens (including phenoxy) is 1. The third-order valence-corrected chi connectivity index (χ3v) is 3.92. The first kappa shape index (κ1) is 11.7. The molecule has 0 radical (unpaired) electrons. The minimum absolute atomic E-state index is 0.304. The third-order valence-electron chi connectivity index (χ3n) is 2.05. The highest BCUT2D eigenvalue weighted by Gasteiger charge is 2.16. The molecular weight excluding hydrogens is 214 g/mol. The molecule has 1 aromatic rings. The summed E-state index contributed by atoms with van der Waals surface area (Å²) < 4.78 is 20.4. The summed E-state index contributed by atoms with van der Waals surface area (Å²) in [5.74, 6) is -0.496. The van der Waals surface area contributed by atoms with Crippen LogP contribution in [-0.4, -0.2) is 30.6 Å². The van der Waals surface area contributed by atoms with Gasteiger partial charge in [0.25, 0.3) is 0 Å². The molecule has 1 aromatic carbocycles. The van der Waals surface area contributed by atoms with Gasteiger partial charge in [0.2, 0.25) is 0 Å². The average Bonchev–Trinajstić information content (AvgIpc) is 2.28. The van der Waals surface area contributed by atoms with Gasteiger partial charge < -0.3 is 4.74 Å². The van der Waals surface area contributed by atoms with Gasteiger partial charge in [0.1, 0.15) is 0 Å². The minimum atomic E-state index is -2.51. The summed E-state index contributed by atoms with van der Waals surface area (Å²) in [5.41, 5.74) is 0.304. The van der Waals surface area contributed by atoms with Gasteiger partial charge in [-0.2, -0.15) is 0 Å². The maximum atomic E-state index is 12.0. The Bertz CT molecular complexity index is 487. The topological polar surface area (TPSA) is 55.7 Å². The summed E-state index contributed by atoms with van der Waals surface area (Å²) in [6.45, 7) is 0. The highest BCUT2D eigenvalue weighted by molar-refractivity contribution is 7.93. The van der Waals surface area contributed by atoms with Gasteiger partial charge in [0, 0.05) is 13.3 Å². The third kappa shape index (κ3) is 2.36. The summed E-state index contributed by atoms with van der Waals surface area (Å²) in [6, 6.07) is 6.62. The molecule has 0 N–H and O–H groups in total. The van der Waals surface area contributed by atoms with Crippen molar-refractivity contribution in [3.05, 3.63) is 29.8 Å². The molecule has 0 aliphatic carbocycles. The van der Waals surface area contributed by atoms with Gasteiger partial charge in [0.05, 0.1) is 27.3 Å². The lowest BCUT2D eigenvalue weighted by Crippen LogP contribution is -2.09. The molecule has 0 aliphatic rings. The number of methoxy groups -OCH3 is 1. The van der Waals surface area contributed by atoms with Gasteiger partial charge in [-0.1, -0.05) is 12.1 Å². The van der Waals surface area contributed by atoms with Crippen LogP contribution < -0.4 is 0 Å². The average molecular weight is 227 g/mol. The number of carbonyl (C=O) groups is 1. The Morgan fingerprint density at radius 3 is 2.53 bits per heavy atom. The first-order chi connectivity index (χ1) is 7.03. The lowest BCUT2D eigenvalue weighted by atomic mass is 10.2. The minimum Gasteiger partial charge on any atom is -0.465 e. The molecule has 1 atom stereocenters. The van der Waals surface area contributed by atoms with Gasteiger partial charge in [0.15, 0.2) is 0 Å². The molecule has 5 heteroatoms. The van der Waals surface area contributed by atoms with E-state index in [0.717, 1.165) is 0 Å². The van der Waals surface area contributed by atoms with Crippen LogP contribution in [0.2, 0.25) is 0 Å². The van der Waals surface area contributed by atoms with Crippen LogP contribution in [0.15, 0.2) is 33.5 Å². The quantitative estimate of drug-likeness (QED) is 0.720. The predicted octanol–water partition coefficient (Wildman–Crippen LogP) is 1.56. The zero-order valence-electron chi connectivity index (χ0n) is 8.89. The molecule has 0 bridgehead atoms. The first-order valence-corrected chi connectivity index (χ1v) is 6.23. The maximum absolute atomic E-state index is 12.0. The Hall–Kier alpha value is -1.36. The molecule has 4 nitrogen and oxygen atoms in total. The van der Waals surface area contributed by atoms with Crippen LogP contribution in [-0.2, 0) is 14.5 Å². The van der Waals surface area contributed by atoms with Gasteiger partial charge in [-0.25, -0.2) is 13.4 Å². The Morgan fingerprint density at radius 1 is 1.40 bits per heavy atom. The molecule has 0 saturated carbocycles. The SMILES string of the molecule is CN=S(C)(=O)c1ccccc1C(=O)OC. The molecule has 1 rings (SSSR count). The molecule has 0 aliphatic heterocycles. The van der Waals surface area contributed by atoms with Crippen LogP contribution >= 0.6 is 0 Å². The number of benzene rings is 1. The number of hydrogen-bond acceptors (Lipinski definition) is 4. The molecule has 0 saturated heterocycles. The standard InChI is InChI=1S/C10H13NO3S/c1-11-15(3,13)9-7-5-4-6-8(9)10(12)14-2/h4-7H,1-3H3. The number of rotatable bonds is 2. The van der Waals surface area contributed by atoms with Crippen molar-refractivity contribution in [3.63, 3.8) is 0 Å². The molecule has 0 spiro atoms. The van der Waals surface area contributed by atoms with E-state index in [9.17, 15) is 9.00 Å². The second-order valence-corrected chi connectivity index (χ2v) is 5.38. The summed E-state index contributed by atoms with van der Waals surface area (Å²) in [6.07, 6.45) is 1.49. The highest BCUT2D eigenvalue weighted by atomic mass is 32.2. The van der Waals surface area contributed by atoms with E-state index in [2.05, 4.69) is 9.10 Å². The molecule has 1 unspecified atom stereocenters. The number of carbonyl (C=O) groups excluding carboxylic acids is 1. The van der Waals surface area contributed by atoms with Crippen molar-refractivity contribution in [1.82, 2.24) is 0 Å². The van der Waals surface area contributed by atoms with Crippen LogP contribution in [0.25, 0.3) is 0 Å². The van der Waals surface area contributed by atoms with Crippen molar-refractivity contribution in [3.8, 4) is 0 Å². The van der Waals surface area contributed by atoms with Crippen molar-refractivity contribution < 1.29 is 13.7 Å². The second-order valence-electron chi connectivity index (χ2n) is 2.97. The first-order valence-electron chi connectivity index (χ1n) is 4.30. The largest absolute Gasteiger partial charge is 0.465 e.